The number of ether oxygens (including phenoxy) is 2. The molecule has 4 aromatic rings. The summed E-state index contributed by atoms with van der Waals surface area (Å²) in [6.07, 6.45) is 3.50. The first-order valence-corrected chi connectivity index (χ1v) is 14.1. The minimum absolute atomic E-state index is 0.0533. The van der Waals surface area contributed by atoms with Crippen LogP contribution in [0.3, 0.4) is 0 Å². The second kappa shape index (κ2) is 11.4. The Labute approximate surface area is 248 Å². The molecule has 4 heterocycles. The number of nitrogen functional groups attached to an aromatic ring is 1. The highest BCUT2D eigenvalue weighted by atomic mass is 16.5. The third-order valence-corrected chi connectivity index (χ3v) is 7.64. The first-order chi connectivity index (χ1) is 20.7. The number of nitrogens with one attached hydrogen (secondary N) is 1. The SMILES string of the molecule is CC(C)(C=C(C#N)C(=O)N1CC[C@H](n2c(=O)n(-c3ccc(Oc4ccccc4)cc3)c3c(N)ncnc32)C1)NC1COC1. The first-order valence-electron chi connectivity index (χ1n) is 14.1. The van der Waals surface area contributed by atoms with Gasteiger partial charge in [0.2, 0.25) is 0 Å². The Morgan fingerprint density at radius 1 is 1.14 bits per heavy atom. The number of likely N-dealkylation sites (tertiary alicyclic amines) is 1. The van der Waals surface area contributed by atoms with Crippen LogP contribution in [0, 0.1) is 11.3 Å². The Hall–Kier alpha value is -4.99. The standard InChI is InChI=1S/C31H32N8O4/c1-31(2,36-21-17-42-18-21)14-20(15-32)29(40)37-13-12-23(16-37)39-28-26(27(33)34-19-35-28)38(30(39)41)22-8-10-25(11-9-22)43-24-6-4-3-5-7-24/h3-11,14,19,21,23,36H,12-13,16-18H2,1-2H3,(H2,33,34,35)/t23-/m0/s1. The Morgan fingerprint density at radius 3 is 2.53 bits per heavy atom. The molecule has 12 nitrogen and oxygen atoms in total. The van der Waals surface area contributed by atoms with Crippen molar-refractivity contribution in [2.24, 2.45) is 0 Å². The van der Waals surface area contributed by atoms with Crippen LogP contribution in [0.4, 0.5) is 5.82 Å². The number of anilines is 1. The van der Waals surface area contributed by atoms with Crippen LogP contribution in [0.25, 0.3) is 16.9 Å². The summed E-state index contributed by atoms with van der Waals surface area (Å²) in [6.45, 7) is 5.67. The number of nitrogens with zero attached hydrogens (tertiary/aromatic N) is 6. The first kappa shape index (κ1) is 28.1. The molecule has 2 aromatic heterocycles. The van der Waals surface area contributed by atoms with Crippen LogP contribution in [-0.4, -0.2) is 67.8 Å². The maximum Gasteiger partial charge on any atom is 0.335 e. The maximum absolute atomic E-state index is 14.0. The second-order valence-electron chi connectivity index (χ2n) is 11.3. The van der Waals surface area contributed by atoms with E-state index in [0.29, 0.717) is 54.5 Å². The molecule has 1 atom stereocenters. The van der Waals surface area contributed by atoms with Crippen molar-refractivity contribution >= 4 is 22.9 Å². The lowest BCUT2D eigenvalue weighted by molar-refractivity contribution is -0.125. The lowest BCUT2D eigenvalue weighted by atomic mass is 9.99. The minimum Gasteiger partial charge on any atom is -0.457 e. The number of carbonyl (C=O) groups is 1. The number of nitrogens with two attached hydrogens (primary N) is 1. The number of aromatic nitrogens is 4. The van der Waals surface area contributed by atoms with Gasteiger partial charge in [-0.3, -0.25) is 13.9 Å². The molecule has 220 valence electrons. The molecule has 3 N–H and O–H groups in total. The number of fused-ring (bicyclic) bond motifs is 1. The van der Waals surface area contributed by atoms with Crippen molar-refractivity contribution in [2.45, 2.75) is 37.9 Å². The van der Waals surface area contributed by atoms with E-state index in [-0.39, 0.29) is 41.6 Å². The number of hydrogen-bond acceptors (Lipinski definition) is 9. The molecule has 6 rings (SSSR count). The van der Waals surface area contributed by atoms with E-state index in [2.05, 4.69) is 21.4 Å². The summed E-state index contributed by atoms with van der Waals surface area (Å²) >= 11 is 0. The van der Waals surface area contributed by atoms with Crippen molar-refractivity contribution in [3.05, 3.63) is 83.1 Å². The number of benzene rings is 2. The summed E-state index contributed by atoms with van der Waals surface area (Å²) in [5.74, 6) is 1.10. The largest absolute Gasteiger partial charge is 0.457 e. The molecule has 1 amide bonds. The van der Waals surface area contributed by atoms with Crippen LogP contribution in [0.2, 0.25) is 0 Å². The normalized spacial score (nSPS) is 17.6. The third-order valence-electron chi connectivity index (χ3n) is 7.64. The molecule has 2 aromatic carbocycles. The molecule has 2 saturated heterocycles. The number of carbonyl (C=O) groups excluding carboxylic acids is 1. The fourth-order valence-corrected chi connectivity index (χ4v) is 5.62. The summed E-state index contributed by atoms with van der Waals surface area (Å²) < 4.78 is 14.2. The van der Waals surface area contributed by atoms with Crippen LogP contribution in [0.15, 0.2) is 77.4 Å². The summed E-state index contributed by atoms with van der Waals surface area (Å²) in [4.78, 5) is 37.6. The molecular weight excluding hydrogens is 548 g/mol. The number of nitriles is 1. The van der Waals surface area contributed by atoms with Crippen molar-refractivity contribution in [1.82, 2.24) is 29.3 Å². The summed E-state index contributed by atoms with van der Waals surface area (Å²) in [7, 11) is 0. The van der Waals surface area contributed by atoms with E-state index in [9.17, 15) is 14.9 Å². The van der Waals surface area contributed by atoms with Crippen LogP contribution < -0.4 is 21.5 Å². The monoisotopic (exact) mass is 580 g/mol. The van der Waals surface area contributed by atoms with Crippen molar-refractivity contribution in [2.75, 3.05) is 32.0 Å². The quantitative estimate of drug-likeness (QED) is 0.237. The fraction of sp³-hybridized carbons (Fsp3) is 0.323. The van der Waals surface area contributed by atoms with Gasteiger partial charge in [-0.25, -0.2) is 14.8 Å². The molecule has 0 radical (unpaired) electrons. The van der Waals surface area contributed by atoms with Gasteiger partial charge in [-0.05, 0) is 62.7 Å². The molecule has 2 aliphatic heterocycles. The van der Waals surface area contributed by atoms with E-state index >= 15 is 0 Å². The number of hydrogen-bond donors (Lipinski definition) is 2. The molecule has 12 heteroatoms. The molecule has 0 spiro atoms. The zero-order chi connectivity index (χ0) is 30.1. The van der Waals surface area contributed by atoms with Gasteiger partial charge >= 0.3 is 5.69 Å². The number of imidazole rings is 1. The topological polar surface area (TPSA) is 153 Å². The Balaban J connectivity index is 1.27. The Bertz CT molecular complexity index is 1780. The van der Waals surface area contributed by atoms with Gasteiger partial charge in [-0.2, -0.15) is 5.26 Å². The van der Waals surface area contributed by atoms with Crippen LogP contribution in [0.5, 0.6) is 11.5 Å². The predicted octanol–water partition coefficient (Wildman–Crippen LogP) is 2.95. The molecule has 0 saturated carbocycles. The predicted molar refractivity (Wildman–Crippen MR) is 160 cm³/mol. The van der Waals surface area contributed by atoms with E-state index < -0.39 is 5.54 Å². The average Bonchev–Trinajstić information content (AvgIpc) is 3.57. The molecule has 0 unspecified atom stereocenters. The molecule has 2 aliphatic rings. The minimum atomic E-state index is -0.575. The van der Waals surface area contributed by atoms with E-state index in [1.54, 1.807) is 39.8 Å². The highest BCUT2D eigenvalue weighted by Gasteiger charge is 2.34. The number of rotatable bonds is 8. The Kier molecular flexibility index (Phi) is 7.43. The molecule has 0 bridgehead atoms. The highest BCUT2D eigenvalue weighted by Crippen LogP contribution is 2.29. The summed E-state index contributed by atoms with van der Waals surface area (Å²) in [6, 6.07) is 18.4. The van der Waals surface area contributed by atoms with Gasteiger partial charge in [0.1, 0.15) is 35.0 Å². The van der Waals surface area contributed by atoms with Crippen molar-refractivity contribution in [3.63, 3.8) is 0 Å². The molecule has 43 heavy (non-hydrogen) atoms. The van der Waals surface area contributed by atoms with Crippen molar-refractivity contribution < 1.29 is 14.3 Å². The van der Waals surface area contributed by atoms with E-state index in [1.165, 1.54) is 10.9 Å². The summed E-state index contributed by atoms with van der Waals surface area (Å²) in [5.41, 5.74) is 6.75. The van der Waals surface area contributed by atoms with Crippen molar-refractivity contribution in [3.8, 4) is 23.3 Å². The second-order valence-corrected chi connectivity index (χ2v) is 11.3. The van der Waals surface area contributed by atoms with E-state index in [4.69, 9.17) is 15.2 Å². The fourth-order valence-electron chi connectivity index (χ4n) is 5.62. The van der Waals surface area contributed by atoms with E-state index in [0.717, 1.165) is 0 Å². The zero-order valence-corrected chi connectivity index (χ0v) is 23.9. The molecule has 0 aliphatic carbocycles. The van der Waals surface area contributed by atoms with Gasteiger partial charge in [-0.1, -0.05) is 18.2 Å². The number of para-hydroxylation sites is 1. The van der Waals surface area contributed by atoms with Crippen LogP contribution in [0.1, 0.15) is 26.3 Å². The van der Waals surface area contributed by atoms with Gasteiger partial charge in [0.15, 0.2) is 11.5 Å². The third kappa shape index (κ3) is 5.60. The maximum atomic E-state index is 14.0. The van der Waals surface area contributed by atoms with Gasteiger partial charge in [0, 0.05) is 18.6 Å². The summed E-state index contributed by atoms with van der Waals surface area (Å²) in [5, 5.41) is 13.2. The Morgan fingerprint density at radius 2 is 1.86 bits per heavy atom. The highest BCUT2D eigenvalue weighted by molar-refractivity contribution is 5.97. The van der Waals surface area contributed by atoms with Gasteiger partial charge in [0.05, 0.1) is 31.0 Å². The molecular formula is C31H32N8O4. The van der Waals surface area contributed by atoms with Gasteiger partial charge in [0.25, 0.3) is 5.91 Å². The average molecular weight is 581 g/mol. The van der Waals surface area contributed by atoms with Crippen LogP contribution >= 0.6 is 0 Å². The number of amides is 1. The smallest absolute Gasteiger partial charge is 0.335 e. The van der Waals surface area contributed by atoms with Crippen LogP contribution in [-0.2, 0) is 9.53 Å². The zero-order valence-electron chi connectivity index (χ0n) is 23.9. The van der Waals surface area contributed by atoms with E-state index in [1.807, 2.05) is 44.2 Å². The van der Waals surface area contributed by atoms with Gasteiger partial charge < -0.3 is 25.4 Å². The van der Waals surface area contributed by atoms with Gasteiger partial charge in [-0.15, -0.1) is 0 Å². The van der Waals surface area contributed by atoms with Crippen molar-refractivity contribution in [1.29, 1.82) is 5.26 Å². The lowest BCUT2D eigenvalue weighted by Gasteiger charge is -2.34. The molecule has 2 fully saturated rings. The lowest BCUT2D eigenvalue weighted by Crippen LogP contribution is -2.54.